The molecule has 0 atom stereocenters. The van der Waals surface area contributed by atoms with Crippen LogP contribution >= 0.6 is 0 Å². The van der Waals surface area contributed by atoms with Crippen LogP contribution in [0.1, 0.15) is 20.3 Å². The van der Waals surface area contributed by atoms with Gasteiger partial charge in [-0.05, 0) is 20.3 Å². The minimum Gasteiger partial charge on any atom is -0.370 e. The van der Waals surface area contributed by atoms with Gasteiger partial charge in [-0.1, -0.05) is 36.4 Å². The maximum atomic E-state index is 5.96. The van der Waals surface area contributed by atoms with Crippen LogP contribution in [0.15, 0.2) is 43.0 Å². The molecule has 4 heteroatoms. The van der Waals surface area contributed by atoms with E-state index in [0.29, 0.717) is 19.8 Å². The van der Waals surface area contributed by atoms with Gasteiger partial charge in [0, 0.05) is 25.0 Å². The first kappa shape index (κ1) is 15.1. The number of benzene rings is 1. The summed E-state index contributed by atoms with van der Waals surface area (Å²) in [5.74, 6) is 0. The lowest BCUT2D eigenvalue weighted by Crippen LogP contribution is -2.57. The van der Waals surface area contributed by atoms with Gasteiger partial charge in [0.2, 0.25) is 0 Å². The molecule has 3 nitrogen and oxygen atoms in total. The van der Waals surface area contributed by atoms with Crippen molar-refractivity contribution in [3.8, 4) is 0 Å². The normalized spacial score (nSPS) is 11.4. The predicted molar refractivity (Wildman–Crippen MR) is 75.8 cm³/mol. The number of hydrogen-bond acceptors (Lipinski definition) is 3. The van der Waals surface area contributed by atoms with Crippen molar-refractivity contribution in [2.75, 3.05) is 19.8 Å². The average Bonchev–Trinajstić information content (AvgIpc) is 2.40. The Morgan fingerprint density at radius 2 is 1.67 bits per heavy atom. The van der Waals surface area contributed by atoms with Gasteiger partial charge in [0.1, 0.15) is 0 Å². The van der Waals surface area contributed by atoms with E-state index in [9.17, 15) is 0 Å². The van der Waals surface area contributed by atoms with E-state index >= 15 is 0 Å². The molecule has 0 aliphatic carbocycles. The Morgan fingerprint density at radius 3 is 2.17 bits per heavy atom. The summed E-state index contributed by atoms with van der Waals surface area (Å²) < 4.78 is 17.7. The van der Waals surface area contributed by atoms with E-state index in [2.05, 4.69) is 6.58 Å². The zero-order valence-electron chi connectivity index (χ0n) is 11.2. The van der Waals surface area contributed by atoms with Crippen LogP contribution in [0.3, 0.4) is 0 Å². The summed E-state index contributed by atoms with van der Waals surface area (Å²) >= 11 is 0. The molecular weight excluding hydrogens is 244 g/mol. The van der Waals surface area contributed by atoms with Gasteiger partial charge >= 0.3 is 8.80 Å². The van der Waals surface area contributed by atoms with Gasteiger partial charge in [-0.25, -0.2) is 0 Å². The molecule has 0 amide bonds. The second kappa shape index (κ2) is 8.21. The molecule has 0 spiro atoms. The maximum absolute atomic E-state index is 5.96. The zero-order valence-corrected chi connectivity index (χ0v) is 12.2. The summed E-state index contributed by atoms with van der Waals surface area (Å²) in [4.78, 5) is 0. The number of hydrogen-bond donors (Lipinski definition) is 0. The van der Waals surface area contributed by atoms with E-state index in [1.165, 1.54) is 0 Å². The predicted octanol–water partition coefficient (Wildman–Crippen LogP) is 2.50. The van der Waals surface area contributed by atoms with Gasteiger partial charge in [-0.2, -0.15) is 0 Å². The monoisotopic (exact) mass is 266 g/mol. The molecule has 1 aromatic carbocycles. The van der Waals surface area contributed by atoms with Crippen LogP contribution in [0.2, 0.25) is 0 Å². The third-order valence-corrected chi connectivity index (χ3v) is 5.37. The fourth-order valence-electron chi connectivity index (χ4n) is 1.67. The number of rotatable bonds is 9. The Labute approximate surface area is 111 Å². The fourth-order valence-corrected chi connectivity index (χ4v) is 4.17. The molecular formula is C14H22O3Si. The molecule has 18 heavy (non-hydrogen) atoms. The van der Waals surface area contributed by atoms with Gasteiger partial charge in [-0.3, -0.25) is 0 Å². The molecule has 0 saturated carbocycles. The molecule has 0 heterocycles. The third-order valence-electron chi connectivity index (χ3n) is 2.41. The smallest absolute Gasteiger partial charge is 0.370 e. The van der Waals surface area contributed by atoms with Crippen LogP contribution in [0.5, 0.6) is 0 Å². The van der Waals surface area contributed by atoms with Crippen LogP contribution in [0.25, 0.3) is 0 Å². The highest BCUT2D eigenvalue weighted by Crippen LogP contribution is 2.11. The molecule has 0 aromatic heterocycles. The minimum atomic E-state index is -2.76. The van der Waals surface area contributed by atoms with Crippen molar-refractivity contribution in [1.82, 2.24) is 0 Å². The molecule has 1 aromatic rings. The SMILES string of the molecule is C=CCCO[Si](OCC)(OCC)c1ccccc1. The van der Waals surface area contributed by atoms with Crippen LogP contribution in [-0.2, 0) is 13.3 Å². The molecule has 0 bridgehead atoms. The molecule has 100 valence electrons. The first-order valence-corrected chi connectivity index (χ1v) is 8.09. The summed E-state index contributed by atoms with van der Waals surface area (Å²) in [6, 6.07) is 9.94. The largest absolute Gasteiger partial charge is 0.537 e. The van der Waals surface area contributed by atoms with Crippen molar-refractivity contribution in [3.63, 3.8) is 0 Å². The minimum absolute atomic E-state index is 0.574. The van der Waals surface area contributed by atoms with Crippen LogP contribution in [0, 0.1) is 0 Å². The molecule has 0 fully saturated rings. The molecule has 0 radical (unpaired) electrons. The summed E-state index contributed by atoms with van der Waals surface area (Å²) in [6.45, 7) is 9.35. The van der Waals surface area contributed by atoms with Crippen LogP contribution < -0.4 is 5.19 Å². The van der Waals surface area contributed by atoms with E-state index in [1.54, 1.807) is 0 Å². The van der Waals surface area contributed by atoms with Crippen molar-refractivity contribution >= 4 is 14.0 Å². The first-order chi connectivity index (χ1) is 8.79. The summed E-state index contributed by atoms with van der Waals surface area (Å²) in [5.41, 5.74) is 0. The van der Waals surface area contributed by atoms with Crippen molar-refractivity contribution < 1.29 is 13.3 Å². The first-order valence-electron chi connectivity index (χ1n) is 6.37. The highest BCUT2D eigenvalue weighted by molar-refractivity contribution is 6.75. The topological polar surface area (TPSA) is 27.7 Å². The van der Waals surface area contributed by atoms with E-state index in [-0.39, 0.29) is 0 Å². The summed E-state index contributed by atoms with van der Waals surface area (Å²) in [7, 11) is -2.76. The van der Waals surface area contributed by atoms with Gasteiger partial charge in [0.15, 0.2) is 0 Å². The molecule has 0 aliphatic heterocycles. The molecule has 0 unspecified atom stereocenters. The Hall–Kier alpha value is -0.943. The third kappa shape index (κ3) is 4.06. The maximum Gasteiger partial charge on any atom is 0.537 e. The van der Waals surface area contributed by atoms with Gasteiger partial charge < -0.3 is 13.3 Å². The fraction of sp³-hybridized carbons (Fsp3) is 0.429. The van der Waals surface area contributed by atoms with E-state index in [4.69, 9.17) is 13.3 Å². The second-order valence-corrected chi connectivity index (χ2v) is 6.27. The van der Waals surface area contributed by atoms with Crippen molar-refractivity contribution in [3.05, 3.63) is 43.0 Å². The van der Waals surface area contributed by atoms with Gasteiger partial charge in [0.25, 0.3) is 0 Å². The molecule has 0 aliphatic rings. The second-order valence-electron chi connectivity index (χ2n) is 3.71. The highest BCUT2D eigenvalue weighted by atomic mass is 28.4. The van der Waals surface area contributed by atoms with Gasteiger partial charge in [-0.15, -0.1) is 6.58 Å². The average molecular weight is 266 g/mol. The lowest BCUT2D eigenvalue weighted by Gasteiger charge is -2.28. The van der Waals surface area contributed by atoms with Crippen LogP contribution in [-0.4, -0.2) is 28.6 Å². The molecule has 0 saturated heterocycles. The summed E-state index contributed by atoms with van der Waals surface area (Å²) in [6.07, 6.45) is 2.63. The van der Waals surface area contributed by atoms with E-state index in [0.717, 1.165) is 11.6 Å². The Balaban J connectivity index is 2.92. The van der Waals surface area contributed by atoms with Crippen molar-refractivity contribution in [2.45, 2.75) is 20.3 Å². The van der Waals surface area contributed by atoms with Crippen molar-refractivity contribution in [1.29, 1.82) is 0 Å². The molecule has 1 rings (SSSR count). The highest BCUT2D eigenvalue weighted by Gasteiger charge is 2.43. The van der Waals surface area contributed by atoms with E-state index < -0.39 is 8.80 Å². The quantitative estimate of drug-likeness (QED) is 0.390. The summed E-state index contributed by atoms with van der Waals surface area (Å²) in [5, 5.41) is 1.01. The lowest BCUT2D eigenvalue weighted by atomic mass is 10.4. The Bertz CT molecular complexity index is 334. The van der Waals surface area contributed by atoms with E-state index in [1.807, 2.05) is 50.3 Å². The van der Waals surface area contributed by atoms with Crippen LogP contribution in [0.4, 0.5) is 0 Å². The van der Waals surface area contributed by atoms with Gasteiger partial charge in [0.05, 0.1) is 0 Å². The zero-order chi connectivity index (χ0) is 13.3. The standard InChI is InChI=1S/C14H22O3Si/c1-4-7-13-17-18(15-5-2,16-6-3)14-11-9-8-10-12-14/h4,8-12H,1,5-7,13H2,2-3H3. The van der Waals surface area contributed by atoms with Crippen molar-refractivity contribution in [2.24, 2.45) is 0 Å². The Kier molecular flexibility index (Phi) is 6.89. The Morgan fingerprint density at radius 1 is 1.06 bits per heavy atom. The lowest BCUT2D eigenvalue weighted by molar-refractivity contribution is 0.0829. The molecule has 0 N–H and O–H groups in total.